The average Bonchev–Trinajstić information content (AvgIpc) is 3.27. The third-order valence-electron chi connectivity index (χ3n) is 8.85. The van der Waals surface area contributed by atoms with Gasteiger partial charge >= 0.3 is 6.09 Å². The van der Waals surface area contributed by atoms with E-state index in [4.69, 9.17) is 25.8 Å². The molecule has 2 fully saturated rings. The number of allylic oxidation sites excluding steroid dienone is 1. The van der Waals surface area contributed by atoms with Crippen LogP contribution in [-0.4, -0.2) is 87.8 Å². The molecule has 240 valence electrons. The molecule has 0 bridgehead atoms. The van der Waals surface area contributed by atoms with E-state index in [0.717, 1.165) is 57.8 Å². The fourth-order valence-corrected chi connectivity index (χ4v) is 6.94. The van der Waals surface area contributed by atoms with Gasteiger partial charge in [-0.05, 0) is 90.9 Å². The summed E-state index contributed by atoms with van der Waals surface area (Å²) in [6, 6.07) is -0.645. The maximum atomic E-state index is 12.4. The van der Waals surface area contributed by atoms with Crippen molar-refractivity contribution in [2.75, 3.05) is 6.54 Å². The van der Waals surface area contributed by atoms with Crippen LogP contribution in [-0.2, 0) is 14.2 Å². The number of aliphatic hydroxyl groups is 2. The Morgan fingerprint density at radius 3 is 2.48 bits per heavy atom. The van der Waals surface area contributed by atoms with Gasteiger partial charge in [-0.25, -0.2) is 9.69 Å². The molecule has 42 heavy (non-hydrogen) atoms. The molecule has 7 atom stereocenters. The molecule has 4 N–H and O–H groups in total. The standard InChI is InChI=1S/C32H54ClN3O6/c1-20(2)27(35-30(38)42-32(3,4)5)29(37)34-19-26-28(21-9-7-6-8-10-21)36(31(39)41-26)23-13-17-25(18-14-23)40-24-15-11-22(33)12-16-24/h9,13,17,20,22-29,31,34,37,39H,6-8,10-12,14-16,18-19H2,1-5H3,(H,35,38)/t22?,23?,24?,25?,26-,27+,28-,29?,31?/m0/s1. The topological polar surface area (TPSA) is 113 Å². The highest BCUT2D eigenvalue weighted by molar-refractivity contribution is 6.20. The molecule has 0 aromatic carbocycles. The SMILES string of the molecule is CC(C)[C@@H](NC(=O)OC(C)(C)C)C(O)NC[C@@H]1OC(O)N(C2C=CC(OC3CCC(Cl)CC3)CC2)[C@H]1C1=CCCCC1. The second-order valence-corrected chi connectivity index (χ2v) is 14.4. The molecule has 4 aliphatic rings. The monoisotopic (exact) mass is 611 g/mol. The molecule has 9 nitrogen and oxygen atoms in total. The largest absolute Gasteiger partial charge is 0.444 e. The molecule has 1 aliphatic heterocycles. The van der Waals surface area contributed by atoms with Gasteiger partial charge in [0.1, 0.15) is 11.8 Å². The number of alkyl halides is 1. The minimum absolute atomic E-state index is 0.0263. The average molecular weight is 612 g/mol. The lowest BCUT2D eigenvalue weighted by atomic mass is 9.88. The minimum Gasteiger partial charge on any atom is -0.444 e. The summed E-state index contributed by atoms with van der Waals surface area (Å²) in [6.45, 7) is 9.62. The predicted molar refractivity (Wildman–Crippen MR) is 164 cm³/mol. The number of nitrogens with zero attached hydrogens (tertiary/aromatic N) is 1. The lowest BCUT2D eigenvalue weighted by molar-refractivity contribution is -0.158. The van der Waals surface area contributed by atoms with Crippen LogP contribution in [0.15, 0.2) is 23.8 Å². The number of amides is 1. The van der Waals surface area contributed by atoms with Crippen LogP contribution < -0.4 is 10.6 Å². The molecule has 1 saturated heterocycles. The van der Waals surface area contributed by atoms with Crippen molar-refractivity contribution in [3.05, 3.63) is 23.8 Å². The highest BCUT2D eigenvalue weighted by Gasteiger charge is 2.46. The maximum Gasteiger partial charge on any atom is 0.408 e. The molecular weight excluding hydrogens is 558 g/mol. The Morgan fingerprint density at radius 2 is 1.88 bits per heavy atom. The molecule has 4 rings (SSSR count). The summed E-state index contributed by atoms with van der Waals surface area (Å²) in [7, 11) is 0. The van der Waals surface area contributed by atoms with Gasteiger partial charge < -0.3 is 29.7 Å². The molecule has 1 amide bonds. The van der Waals surface area contributed by atoms with Crippen molar-refractivity contribution in [2.45, 2.75) is 159 Å². The second kappa shape index (κ2) is 15.2. The Kier molecular flexibility index (Phi) is 12.2. The molecule has 0 aromatic heterocycles. The first kappa shape index (κ1) is 33.7. The van der Waals surface area contributed by atoms with Crippen molar-refractivity contribution < 1.29 is 29.2 Å². The Hall–Kier alpha value is -1.20. The van der Waals surface area contributed by atoms with Crippen LogP contribution >= 0.6 is 11.6 Å². The van der Waals surface area contributed by atoms with Crippen molar-refractivity contribution in [3.8, 4) is 0 Å². The van der Waals surface area contributed by atoms with Crippen molar-refractivity contribution in [2.24, 2.45) is 5.92 Å². The van der Waals surface area contributed by atoms with Crippen molar-refractivity contribution in [1.29, 1.82) is 0 Å². The molecule has 1 saturated carbocycles. The smallest absolute Gasteiger partial charge is 0.408 e. The predicted octanol–water partition coefficient (Wildman–Crippen LogP) is 4.94. The number of ether oxygens (including phenoxy) is 3. The van der Waals surface area contributed by atoms with E-state index in [-0.39, 0.29) is 41.7 Å². The van der Waals surface area contributed by atoms with Gasteiger partial charge in [-0.1, -0.05) is 37.6 Å². The third-order valence-corrected chi connectivity index (χ3v) is 9.29. The van der Waals surface area contributed by atoms with Crippen molar-refractivity contribution >= 4 is 17.7 Å². The number of rotatable bonds is 10. The minimum atomic E-state index is -1.05. The first-order valence-electron chi connectivity index (χ1n) is 16.1. The Bertz CT molecular complexity index is 932. The summed E-state index contributed by atoms with van der Waals surface area (Å²) in [5.74, 6) is -0.0454. The first-order chi connectivity index (χ1) is 19.9. The van der Waals surface area contributed by atoms with Crippen molar-refractivity contribution in [1.82, 2.24) is 15.5 Å². The Balaban J connectivity index is 1.40. The Morgan fingerprint density at radius 1 is 1.14 bits per heavy atom. The van der Waals surface area contributed by atoms with E-state index >= 15 is 0 Å². The number of carbonyl (C=O) groups is 1. The summed E-state index contributed by atoms with van der Waals surface area (Å²) in [5, 5.41) is 28.6. The van der Waals surface area contributed by atoms with Crippen LogP contribution in [0.25, 0.3) is 0 Å². The zero-order valence-corrected chi connectivity index (χ0v) is 26.9. The maximum absolute atomic E-state index is 12.4. The number of nitrogens with one attached hydrogen (secondary N) is 2. The van der Waals surface area contributed by atoms with Crippen LogP contribution in [0.1, 0.15) is 98.8 Å². The quantitative estimate of drug-likeness (QED) is 0.156. The Labute approximate surface area is 257 Å². The molecule has 10 heteroatoms. The number of hydrogen-bond donors (Lipinski definition) is 4. The molecular formula is C32H54ClN3O6. The number of alkyl carbamates (subject to hydrolysis) is 1. The van der Waals surface area contributed by atoms with E-state index in [1.807, 2.05) is 34.6 Å². The van der Waals surface area contributed by atoms with Gasteiger partial charge in [0.05, 0.1) is 30.4 Å². The number of carbonyl (C=O) groups excluding carboxylic acids is 1. The van der Waals surface area contributed by atoms with Crippen molar-refractivity contribution in [3.63, 3.8) is 0 Å². The molecule has 0 spiro atoms. The molecule has 3 aliphatic carbocycles. The number of hydrogen-bond acceptors (Lipinski definition) is 8. The number of aliphatic hydroxyl groups excluding tert-OH is 2. The van der Waals surface area contributed by atoms with Gasteiger partial charge in [0.2, 0.25) is 6.41 Å². The first-order valence-corrected chi connectivity index (χ1v) is 16.5. The zero-order valence-electron chi connectivity index (χ0n) is 26.1. The van der Waals surface area contributed by atoms with E-state index in [2.05, 4.69) is 33.8 Å². The van der Waals surface area contributed by atoms with Gasteiger partial charge in [-0.15, -0.1) is 11.6 Å². The highest BCUT2D eigenvalue weighted by atomic mass is 35.5. The molecule has 1 heterocycles. The van der Waals surface area contributed by atoms with E-state index in [9.17, 15) is 15.0 Å². The van der Waals surface area contributed by atoms with Gasteiger partial charge in [0.25, 0.3) is 0 Å². The molecule has 4 unspecified atom stereocenters. The lowest BCUT2D eigenvalue weighted by Gasteiger charge is -2.38. The zero-order chi connectivity index (χ0) is 30.4. The van der Waals surface area contributed by atoms with Crippen LogP contribution in [0.2, 0.25) is 0 Å². The van der Waals surface area contributed by atoms with Crippen LogP contribution in [0.3, 0.4) is 0 Å². The van der Waals surface area contributed by atoms with Crippen LogP contribution in [0.4, 0.5) is 4.79 Å². The van der Waals surface area contributed by atoms with Gasteiger partial charge in [0.15, 0.2) is 0 Å². The van der Waals surface area contributed by atoms with E-state index in [1.165, 1.54) is 12.0 Å². The third kappa shape index (κ3) is 9.40. The summed E-state index contributed by atoms with van der Waals surface area (Å²) in [6.07, 6.45) is 14.1. The highest BCUT2D eigenvalue weighted by Crippen LogP contribution is 2.37. The fourth-order valence-electron chi connectivity index (χ4n) is 6.69. The lowest BCUT2D eigenvalue weighted by Crippen LogP contribution is -2.56. The molecule has 0 aromatic rings. The van der Waals surface area contributed by atoms with Crippen LogP contribution in [0, 0.1) is 5.92 Å². The van der Waals surface area contributed by atoms with Crippen LogP contribution in [0.5, 0.6) is 0 Å². The van der Waals surface area contributed by atoms with Gasteiger partial charge in [0, 0.05) is 18.0 Å². The summed E-state index contributed by atoms with van der Waals surface area (Å²) < 4.78 is 18.0. The van der Waals surface area contributed by atoms with Gasteiger partial charge in [-0.2, -0.15) is 0 Å². The number of halogens is 1. The van der Waals surface area contributed by atoms with E-state index < -0.39 is 30.4 Å². The normalized spacial score (nSPS) is 34.2. The van der Waals surface area contributed by atoms with Gasteiger partial charge in [-0.3, -0.25) is 5.32 Å². The summed E-state index contributed by atoms with van der Waals surface area (Å²) in [4.78, 5) is 14.5. The fraction of sp³-hybridized carbons (Fsp3) is 0.844. The van der Waals surface area contributed by atoms with E-state index in [0.29, 0.717) is 6.54 Å². The summed E-state index contributed by atoms with van der Waals surface area (Å²) >= 11 is 6.27. The molecule has 0 radical (unpaired) electrons. The second-order valence-electron chi connectivity index (χ2n) is 13.8. The summed E-state index contributed by atoms with van der Waals surface area (Å²) in [5.41, 5.74) is 0.655. The van der Waals surface area contributed by atoms with E-state index in [1.54, 1.807) is 0 Å².